The minimum Gasteiger partial charge on any atom is -0.461 e. The summed E-state index contributed by atoms with van der Waals surface area (Å²) in [7, 11) is 0. The Morgan fingerprint density at radius 3 is 2.44 bits per heavy atom. The minimum atomic E-state index is -0.365. The summed E-state index contributed by atoms with van der Waals surface area (Å²) in [6, 6.07) is 0. The van der Waals surface area contributed by atoms with Crippen LogP contribution in [0.5, 0.6) is 0 Å². The quantitative estimate of drug-likeness (QED) is 0.307. The van der Waals surface area contributed by atoms with Crippen LogP contribution in [0.2, 0.25) is 0 Å². The van der Waals surface area contributed by atoms with Gasteiger partial charge in [0, 0.05) is 18.4 Å². The van der Waals surface area contributed by atoms with Gasteiger partial charge in [-0.15, -0.1) is 0 Å². The highest BCUT2D eigenvalue weighted by Gasteiger charge is 2.00. The molecule has 0 rings (SSSR count). The van der Waals surface area contributed by atoms with Crippen LogP contribution >= 0.6 is 0 Å². The predicted molar refractivity (Wildman–Crippen MR) is 65.5 cm³/mol. The fraction of sp³-hybridized carbons (Fsp3) is 0.500. The van der Waals surface area contributed by atoms with E-state index in [1.165, 1.54) is 0 Å². The van der Waals surface area contributed by atoms with Gasteiger partial charge in [0.05, 0.1) is 0 Å². The molecule has 0 aliphatic heterocycles. The molecular formula is C14H18O2. The molecule has 0 heterocycles. The lowest BCUT2D eigenvalue weighted by Gasteiger charge is -1.99. The number of hydrogen-bond donors (Lipinski definition) is 0. The highest BCUT2D eigenvalue weighted by molar-refractivity contribution is 5.86. The molecular weight excluding hydrogens is 200 g/mol. The summed E-state index contributed by atoms with van der Waals surface area (Å²) >= 11 is 0. The molecule has 0 saturated heterocycles. The van der Waals surface area contributed by atoms with E-state index < -0.39 is 0 Å². The van der Waals surface area contributed by atoms with Crippen molar-refractivity contribution in [2.24, 2.45) is 0 Å². The van der Waals surface area contributed by atoms with E-state index in [-0.39, 0.29) is 5.97 Å². The Hall–Kier alpha value is -1.67. The van der Waals surface area contributed by atoms with Crippen LogP contribution < -0.4 is 0 Å². The maximum atomic E-state index is 11.0. The Labute approximate surface area is 98.1 Å². The first-order valence-electron chi connectivity index (χ1n) is 5.46. The molecule has 0 aromatic carbocycles. The number of hydrogen-bond acceptors (Lipinski definition) is 2. The highest BCUT2D eigenvalue weighted by atomic mass is 16.5. The topological polar surface area (TPSA) is 26.3 Å². The molecule has 0 aromatic rings. The summed E-state index contributed by atoms with van der Waals surface area (Å²) < 4.78 is 4.86. The van der Waals surface area contributed by atoms with E-state index in [1.807, 2.05) is 0 Å². The average Bonchev–Trinajstić information content (AvgIpc) is 2.26. The summed E-state index contributed by atoms with van der Waals surface area (Å²) in [6.07, 6.45) is 3.68. The number of esters is 1. The molecule has 2 nitrogen and oxygen atoms in total. The first-order valence-corrected chi connectivity index (χ1v) is 5.46. The van der Waals surface area contributed by atoms with Crippen LogP contribution in [0.15, 0.2) is 12.2 Å². The lowest BCUT2D eigenvalue weighted by Crippen LogP contribution is -2.05. The molecule has 0 bridgehead atoms. The molecule has 0 fully saturated rings. The van der Waals surface area contributed by atoms with Crippen molar-refractivity contribution >= 4 is 5.97 Å². The van der Waals surface area contributed by atoms with Crippen molar-refractivity contribution in [3.05, 3.63) is 12.2 Å². The molecule has 86 valence electrons. The van der Waals surface area contributed by atoms with Crippen LogP contribution in [-0.2, 0) is 9.53 Å². The number of ether oxygens (including phenoxy) is 1. The Balaban J connectivity index is 3.57. The van der Waals surface area contributed by atoms with Crippen molar-refractivity contribution in [1.82, 2.24) is 0 Å². The van der Waals surface area contributed by atoms with Crippen molar-refractivity contribution in [3.8, 4) is 23.7 Å². The van der Waals surface area contributed by atoms with E-state index in [1.54, 1.807) is 6.92 Å². The molecule has 0 N–H and O–H groups in total. The van der Waals surface area contributed by atoms with Gasteiger partial charge in [-0.2, -0.15) is 0 Å². The number of carbonyl (C=O) groups excluding carboxylic acids is 1. The van der Waals surface area contributed by atoms with Gasteiger partial charge in [0.2, 0.25) is 0 Å². The second-order valence-corrected chi connectivity index (χ2v) is 3.37. The Bertz CT molecular complexity index is 344. The van der Waals surface area contributed by atoms with Crippen molar-refractivity contribution < 1.29 is 9.53 Å². The van der Waals surface area contributed by atoms with Gasteiger partial charge < -0.3 is 4.74 Å². The van der Waals surface area contributed by atoms with Crippen LogP contribution in [0.3, 0.4) is 0 Å². The van der Waals surface area contributed by atoms with E-state index >= 15 is 0 Å². The third-order valence-corrected chi connectivity index (χ3v) is 1.70. The van der Waals surface area contributed by atoms with Crippen molar-refractivity contribution in [2.75, 3.05) is 6.61 Å². The van der Waals surface area contributed by atoms with E-state index in [2.05, 4.69) is 37.2 Å². The molecule has 0 radical (unpaired) electrons. The zero-order chi connectivity index (χ0) is 12.2. The van der Waals surface area contributed by atoms with Crippen molar-refractivity contribution in [3.63, 3.8) is 0 Å². The second kappa shape index (κ2) is 9.87. The average molecular weight is 218 g/mol. The Morgan fingerprint density at radius 1 is 1.25 bits per heavy atom. The van der Waals surface area contributed by atoms with Crippen molar-refractivity contribution in [1.29, 1.82) is 0 Å². The predicted octanol–water partition coefficient (Wildman–Crippen LogP) is 2.69. The largest absolute Gasteiger partial charge is 0.461 e. The third-order valence-electron chi connectivity index (χ3n) is 1.70. The molecule has 16 heavy (non-hydrogen) atoms. The van der Waals surface area contributed by atoms with Crippen LogP contribution in [0.1, 0.15) is 39.5 Å². The SMILES string of the molecule is C=C(C)C(=O)OCCC#CC#CCCCC. The molecule has 0 aliphatic rings. The van der Waals surface area contributed by atoms with E-state index in [9.17, 15) is 4.79 Å². The van der Waals surface area contributed by atoms with Gasteiger partial charge in [-0.3, -0.25) is 0 Å². The van der Waals surface area contributed by atoms with Gasteiger partial charge in [-0.1, -0.05) is 31.8 Å². The van der Waals surface area contributed by atoms with Crippen LogP contribution in [0.25, 0.3) is 0 Å². The van der Waals surface area contributed by atoms with Gasteiger partial charge >= 0.3 is 5.97 Å². The van der Waals surface area contributed by atoms with E-state index in [0.29, 0.717) is 18.6 Å². The summed E-state index contributed by atoms with van der Waals surface area (Å²) in [5.41, 5.74) is 0.410. The van der Waals surface area contributed by atoms with Gasteiger partial charge in [0.25, 0.3) is 0 Å². The number of carbonyl (C=O) groups is 1. The molecule has 0 aromatic heterocycles. The van der Waals surface area contributed by atoms with Gasteiger partial charge in [-0.25, -0.2) is 4.79 Å². The smallest absolute Gasteiger partial charge is 0.333 e. The summed E-state index contributed by atoms with van der Waals surface area (Å²) in [5.74, 6) is 10.9. The zero-order valence-corrected chi connectivity index (χ0v) is 10.1. The standard InChI is InChI=1S/C14H18O2/c1-4-5-6-7-8-9-10-11-12-16-14(15)13(2)3/h2,4-6,11-12H2,1,3H3. The van der Waals surface area contributed by atoms with Gasteiger partial charge in [0.15, 0.2) is 0 Å². The minimum absolute atomic E-state index is 0.301. The van der Waals surface area contributed by atoms with Gasteiger partial charge in [0.1, 0.15) is 6.61 Å². The first kappa shape index (κ1) is 14.3. The normalized spacial score (nSPS) is 8.12. The highest BCUT2D eigenvalue weighted by Crippen LogP contribution is 1.92. The lowest BCUT2D eigenvalue weighted by molar-refractivity contribution is -0.138. The van der Waals surface area contributed by atoms with E-state index in [0.717, 1.165) is 19.3 Å². The second-order valence-electron chi connectivity index (χ2n) is 3.37. The first-order chi connectivity index (χ1) is 7.68. The van der Waals surface area contributed by atoms with Gasteiger partial charge in [-0.05, 0) is 25.2 Å². The number of unbranched alkanes of at least 4 members (excludes halogenated alkanes) is 2. The fourth-order valence-corrected chi connectivity index (χ4v) is 0.797. The van der Waals surface area contributed by atoms with Crippen LogP contribution in [0, 0.1) is 23.7 Å². The third kappa shape index (κ3) is 8.91. The maximum absolute atomic E-state index is 11.0. The molecule has 0 amide bonds. The molecule has 0 spiro atoms. The summed E-state index contributed by atoms with van der Waals surface area (Å²) in [5, 5.41) is 0. The molecule has 0 unspecified atom stereocenters. The molecule has 0 saturated carbocycles. The van der Waals surface area contributed by atoms with Crippen molar-refractivity contribution in [2.45, 2.75) is 39.5 Å². The van der Waals surface area contributed by atoms with Crippen LogP contribution in [0.4, 0.5) is 0 Å². The summed E-state index contributed by atoms with van der Waals surface area (Å²) in [4.78, 5) is 11.0. The molecule has 2 heteroatoms. The Kier molecular flexibility index (Phi) is 8.84. The number of rotatable bonds is 5. The molecule has 0 aliphatic carbocycles. The molecule has 0 atom stereocenters. The summed E-state index contributed by atoms with van der Waals surface area (Å²) in [6.45, 7) is 7.53. The maximum Gasteiger partial charge on any atom is 0.333 e. The zero-order valence-electron chi connectivity index (χ0n) is 10.1. The van der Waals surface area contributed by atoms with E-state index in [4.69, 9.17) is 4.74 Å². The fourth-order valence-electron chi connectivity index (χ4n) is 0.797. The Morgan fingerprint density at radius 2 is 1.88 bits per heavy atom. The lowest BCUT2D eigenvalue weighted by atomic mass is 10.2. The van der Waals surface area contributed by atoms with Crippen LogP contribution in [-0.4, -0.2) is 12.6 Å². The monoisotopic (exact) mass is 218 g/mol.